The van der Waals surface area contributed by atoms with E-state index < -0.39 is 16.1 Å². The predicted octanol–water partition coefficient (Wildman–Crippen LogP) is 0.757. The zero-order valence-electron chi connectivity index (χ0n) is 10.5. The van der Waals surface area contributed by atoms with Crippen molar-refractivity contribution >= 4 is 27.5 Å². The number of benzene rings is 1. The molecule has 1 atom stereocenters. The van der Waals surface area contributed by atoms with Crippen molar-refractivity contribution in [1.29, 1.82) is 0 Å². The Bertz CT molecular complexity index is 516. The normalized spacial score (nSPS) is 20.8. The summed E-state index contributed by atoms with van der Waals surface area (Å²) >= 11 is 1.49. The topological polar surface area (TPSA) is 83.6 Å². The van der Waals surface area contributed by atoms with Gasteiger partial charge in [0.15, 0.2) is 0 Å². The second-order valence-electron chi connectivity index (χ2n) is 4.53. The first-order valence-corrected chi connectivity index (χ1v) is 8.71. The molecule has 7 heteroatoms. The third-order valence-corrected chi connectivity index (χ3v) is 6.12. The lowest BCUT2D eigenvalue weighted by Gasteiger charge is -2.15. The second-order valence-corrected chi connectivity index (χ2v) is 7.79. The summed E-state index contributed by atoms with van der Waals surface area (Å²) in [5, 5.41) is 9.37. The molecule has 0 aromatic heterocycles. The third-order valence-electron chi connectivity index (χ3n) is 3.01. The Morgan fingerprint density at radius 3 is 2.63 bits per heavy atom. The van der Waals surface area contributed by atoms with Gasteiger partial charge in [-0.1, -0.05) is 0 Å². The maximum absolute atomic E-state index is 12.0. The number of aliphatic hydroxyl groups excluding tert-OH is 1. The lowest BCUT2D eigenvalue weighted by Crippen LogP contribution is -2.32. The minimum Gasteiger partial charge on any atom is -0.399 e. The first-order valence-electron chi connectivity index (χ1n) is 6.11. The Morgan fingerprint density at radius 1 is 1.37 bits per heavy atom. The quantitative estimate of drug-likeness (QED) is 0.619. The van der Waals surface area contributed by atoms with E-state index in [9.17, 15) is 13.5 Å². The molecule has 0 saturated carbocycles. The van der Waals surface area contributed by atoms with Crippen molar-refractivity contribution in [3.63, 3.8) is 0 Å². The molecule has 19 heavy (non-hydrogen) atoms. The number of thioether (sulfide) groups is 1. The molecule has 0 aliphatic carbocycles. The van der Waals surface area contributed by atoms with Gasteiger partial charge in [-0.3, -0.25) is 0 Å². The molecule has 2 rings (SSSR count). The number of nitrogen functional groups attached to an aromatic ring is 1. The fourth-order valence-corrected chi connectivity index (χ4v) is 4.70. The van der Waals surface area contributed by atoms with Crippen LogP contribution in [0, 0.1) is 0 Å². The molecule has 0 amide bonds. The van der Waals surface area contributed by atoms with Crippen molar-refractivity contribution in [2.24, 2.45) is 0 Å². The van der Waals surface area contributed by atoms with Crippen LogP contribution in [0.4, 0.5) is 5.69 Å². The van der Waals surface area contributed by atoms with Gasteiger partial charge in [0, 0.05) is 29.4 Å². The summed E-state index contributed by atoms with van der Waals surface area (Å²) in [4.78, 5) is 1.01. The van der Waals surface area contributed by atoms with Crippen LogP contribution >= 0.6 is 11.8 Å². The predicted molar refractivity (Wildman–Crippen MR) is 77.6 cm³/mol. The minimum absolute atomic E-state index is 0.0920. The molecular weight excluding hydrogens is 284 g/mol. The van der Waals surface area contributed by atoms with E-state index >= 15 is 0 Å². The van der Waals surface area contributed by atoms with Crippen LogP contribution in [0.15, 0.2) is 29.2 Å². The molecule has 1 aliphatic heterocycles. The first-order chi connectivity index (χ1) is 8.97. The Hall–Kier alpha value is -0.760. The summed E-state index contributed by atoms with van der Waals surface area (Å²) in [6.07, 6.45) is 0.0178. The van der Waals surface area contributed by atoms with Gasteiger partial charge in [-0.25, -0.2) is 8.42 Å². The van der Waals surface area contributed by atoms with E-state index in [-0.39, 0.29) is 12.3 Å². The van der Waals surface area contributed by atoms with Gasteiger partial charge in [0.05, 0.1) is 11.9 Å². The number of aliphatic hydroxyl groups is 1. The SMILES string of the molecule is Nc1ccc(SCCS(=O)(=O)N2CC[C@@H](O)C2)cc1. The van der Waals surface area contributed by atoms with Crippen LogP contribution in [-0.4, -0.2) is 48.5 Å². The average Bonchev–Trinajstić information content (AvgIpc) is 2.79. The van der Waals surface area contributed by atoms with Crippen molar-refractivity contribution in [3.05, 3.63) is 24.3 Å². The molecule has 3 N–H and O–H groups in total. The summed E-state index contributed by atoms with van der Waals surface area (Å²) in [7, 11) is -3.24. The van der Waals surface area contributed by atoms with Crippen molar-refractivity contribution in [3.8, 4) is 0 Å². The monoisotopic (exact) mass is 302 g/mol. The number of nitrogens with two attached hydrogens (primary N) is 1. The van der Waals surface area contributed by atoms with Gasteiger partial charge in [0.25, 0.3) is 0 Å². The molecule has 0 spiro atoms. The Morgan fingerprint density at radius 2 is 2.05 bits per heavy atom. The van der Waals surface area contributed by atoms with Crippen LogP contribution in [0.1, 0.15) is 6.42 Å². The highest BCUT2D eigenvalue weighted by molar-refractivity contribution is 8.00. The van der Waals surface area contributed by atoms with Crippen molar-refractivity contribution < 1.29 is 13.5 Å². The maximum atomic E-state index is 12.0. The van der Waals surface area contributed by atoms with Gasteiger partial charge in [-0.2, -0.15) is 4.31 Å². The third kappa shape index (κ3) is 4.10. The molecule has 0 radical (unpaired) electrons. The molecular formula is C12H18N2O3S2. The van der Waals surface area contributed by atoms with E-state index in [1.165, 1.54) is 16.1 Å². The van der Waals surface area contributed by atoms with Gasteiger partial charge in [0.2, 0.25) is 10.0 Å². The van der Waals surface area contributed by atoms with Gasteiger partial charge in [-0.05, 0) is 30.7 Å². The molecule has 5 nitrogen and oxygen atoms in total. The van der Waals surface area contributed by atoms with E-state index in [0.29, 0.717) is 24.4 Å². The zero-order chi connectivity index (χ0) is 13.9. The van der Waals surface area contributed by atoms with Crippen molar-refractivity contribution in [2.45, 2.75) is 17.4 Å². The highest BCUT2D eigenvalue weighted by Crippen LogP contribution is 2.21. The maximum Gasteiger partial charge on any atom is 0.215 e. The fraction of sp³-hybridized carbons (Fsp3) is 0.500. The summed E-state index contributed by atoms with van der Waals surface area (Å²) in [6.45, 7) is 0.658. The summed E-state index contributed by atoms with van der Waals surface area (Å²) < 4.78 is 25.4. The van der Waals surface area contributed by atoms with Gasteiger partial charge < -0.3 is 10.8 Å². The summed E-state index contributed by atoms with van der Waals surface area (Å²) in [6, 6.07) is 7.36. The molecule has 1 aliphatic rings. The Balaban J connectivity index is 1.83. The van der Waals surface area contributed by atoms with E-state index in [1.54, 1.807) is 12.1 Å². The molecule has 0 unspecified atom stereocenters. The van der Waals surface area contributed by atoms with Crippen LogP contribution in [0.2, 0.25) is 0 Å². The molecule has 0 bridgehead atoms. The van der Waals surface area contributed by atoms with E-state index in [2.05, 4.69) is 0 Å². The van der Waals surface area contributed by atoms with Crippen molar-refractivity contribution in [1.82, 2.24) is 4.31 Å². The highest BCUT2D eigenvalue weighted by atomic mass is 32.2. The van der Waals surface area contributed by atoms with E-state index in [1.807, 2.05) is 12.1 Å². The largest absolute Gasteiger partial charge is 0.399 e. The standard InChI is InChI=1S/C12H18N2O3S2/c13-10-1-3-12(4-2-10)18-7-8-19(16,17)14-6-5-11(15)9-14/h1-4,11,15H,5-9,13H2/t11-/m1/s1. The molecule has 1 aromatic rings. The average molecular weight is 302 g/mol. The molecule has 1 fully saturated rings. The number of nitrogens with zero attached hydrogens (tertiary/aromatic N) is 1. The number of rotatable bonds is 5. The zero-order valence-corrected chi connectivity index (χ0v) is 12.2. The molecule has 106 valence electrons. The summed E-state index contributed by atoms with van der Waals surface area (Å²) in [5.41, 5.74) is 6.28. The van der Waals surface area contributed by atoms with Crippen LogP contribution < -0.4 is 5.73 Å². The number of hydrogen-bond donors (Lipinski definition) is 2. The lowest BCUT2D eigenvalue weighted by atomic mass is 10.3. The van der Waals surface area contributed by atoms with E-state index in [4.69, 9.17) is 5.73 Å². The van der Waals surface area contributed by atoms with Gasteiger partial charge in [0.1, 0.15) is 0 Å². The highest BCUT2D eigenvalue weighted by Gasteiger charge is 2.29. The van der Waals surface area contributed by atoms with Crippen LogP contribution in [-0.2, 0) is 10.0 Å². The fourth-order valence-electron chi connectivity index (χ4n) is 1.92. The Labute approximate surface area is 117 Å². The molecule has 1 saturated heterocycles. The van der Waals surface area contributed by atoms with Crippen LogP contribution in [0.3, 0.4) is 0 Å². The smallest absolute Gasteiger partial charge is 0.215 e. The molecule has 1 aromatic carbocycles. The Kier molecular flexibility index (Phi) is 4.72. The van der Waals surface area contributed by atoms with Crippen molar-refractivity contribution in [2.75, 3.05) is 30.3 Å². The summed E-state index contributed by atoms with van der Waals surface area (Å²) in [5.74, 6) is 0.591. The molecule has 1 heterocycles. The number of sulfonamides is 1. The number of hydrogen-bond acceptors (Lipinski definition) is 5. The van der Waals surface area contributed by atoms with Crippen LogP contribution in [0.5, 0.6) is 0 Å². The van der Waals surface area contributed by atoms with Gasteiger partial charge >= 0.3 is 0 Å². The second kappa shape index (κ2) is 6.13. The van der Waals surface area contributed by atoms with E-state index in [0.717, 1.165) is 4.90 Å². The van der Waals surface area contributed by atoms with Crippen LogP contribution in [0.25, 0.3) is 0 Å². The number of anilines is 1. The lowest BCUT2D eigenvalue weighted by molar-refractivity contribution is 0.189. The number of β-amino-alcohol motifs (C(OH)–C–C–N with tert-alkyl or cyclic N) is 1. The van der Waals surface area contributed by atoms with Gasteiger partial charge in [-0.15, -0.1) is 11.8 Å². The minimum atomic E-state index is -3.24. The first kappa shape index (κ1) is 14.6.